The summed E-state index contributed by atoms with van der Waals surface area (Å²) in [4.78, 5) is 16.8. The number of aryl methyl sites for hydroxylation is 1. The normalized spacial score (nSPS) is 14.8. The Morgan fingerprint density at radius 2 is 1.73 bits per heavy atom. The number of rotatable bonds is 4. The molecule has 5 rings (SSSR count). The molecule has 0 radical (unpaired) electrons. The predicted molar refractivity (Wildman–Crippen MR) is 135 cm³/mol. The van der Waals surface area contributed by atoms with Crippen molar-refractivity contribution in [1.29, 1.82) is 0 Å². The third kappa shape index (κ3) is 4.29. The number of nitrogens with zero attached hydrogens (tertiary/aromatic N) is 2. The number of carbonyl (C=O) groups is 1. The van der Waals surface area contributed by atoms with Gasteiger partial charge in [0, 0.05) is 23.3 Å². The molecule has 2 heterocycles. The van der Waals surface area contributed by atoms with Crippen LogP contribution in [0.25, 0.3) is 5.69 Å². The van der Waals surface area contributed by atoms with Gasteiger partial charge in [0.2, 0.25) is 0 Å². The van der Waals surface area contributed by atoms with E-state index in [9.17, 15) is 4.79 Å². The Balaban J connectivity index is 1.54. The van der Waals surface area contributed by atoms with Crippen molar-refractivity contribution in [2.75, 3.05) is 6.26 Å². The van der Waals surface area contributed by atoms with Crippen molar-refractivity contribution < 1.29 is 4.79 Å². The van der Waals surface area contributed by atoms with Gasteiger partial charge in [0.1, 0.15) is 0 Å². The van der Waals surface area contributed by atoms with Crippen LogP contribution in [0.2, 0.25) is 0 Å². The average molecular weight is 454 g/mol. The Bertz CT molecular complexity index is 1260. The molecular weight excluding hydrogens is 426 g/mol. The highest BCUT2D eigenvalue weighted by molar-refractivity contribution is 7.98. The van der Waals surface area contributed by atoms with Crippen LogP contribution in [-0.2, 0) is 13.1 Å². The van der Waals surface area contributed by atoms with Gasteiger partial charge in [0.05, 0.1) is 18.3 Å². The highest BCUT2D eigenvalue weighted by atomic mass is 32.2. The molecule has 3 aromatic carbocycles. The van der Waals surface area contributed by atoms with Gasteiger partial charge in [-0.25, -0.2) is 4.79 Å². The number of benzene rings is 3. The summed E-state index contributed by atoms with van der Waals surface area (Å²) in [7, 11) is 0. The Hall–Kier alpha value is -3.44. The fraction of sp³-hybridized carbons (Fsp3) is 0.179. The molecule has 0 bridgehead atoms. The molecular formula is C28H27N3OS. The van der Waals surface area contributed by atoms with Gasteiger partial charge >= 0.3 is 6.03 Å². The molecule has 2 amide bonds. The summed E-state index contributed by atoms with van der Waals surface area (Å²) in [6.45, 7) is 3.10. The van der Waals surface area contributed by atoms with E-state index in [0.29, 0.717) is 13.1 Å². The Morgan fingerprint density at radius 3 is 2.48 bits per heavy atom. The minimum absolute atomic E-state index is 0.0704. The molecule has 4 aromatic rings. The number of urea groups is 1. The predicted octanol–water partition coefficient (Wildman–Crippen LogP) is 6.32. The summed E-state index contributed by atoms with van der Waals surface area (Å²) >= 11 is 1.72. The van der Waals surface area contributed by atoms with Crippen molar-refractivity contribution in [3.63, 3.8) is 0 Å². The zero-order valence-electron chi connectivity index (χ0n) is 18.9. The van der Waals surface area contributed by atoms with Crippen LogP contribution in [0.5, 0.6) is 0 Å². The van der Waals surface area contributed by atoms with E-state index < -0.39 is 0 Å². The Labute approximate surface area is 199 Å². The first-order valence-corrected chi connectivity index (χ1v) is 12.4. The maximum atomic E-state index is 13.6. The standard InChI is InChI=1S/C28H27N3OS/c1-20-9-11-21(12-10-20)18-29-28(32)31-19-23-6-3-4-7-25(23)30-17-5-8-26(30)27(31)22-13-15-24(33-2)16-14-22/h3-17,27H,18-19H2,1-2H3,(H,29,32)/t27-/m1/s1. The summed E-state index contributed by atoms with van der Waals surface area (Å²) in [6, 6.07) is 29.1. The van der Waals surface area contributed by atoms with Crippen LogP contribution in [0, 0.1) is 6.92 Å². The molecule has 1 atom stereocenters. The highest BCUT2D eigenvalue weighted by Crippen LogP contribution is 2.37. The molecule has 1 aliphatic heterocycles. The number of hydrogen-bond donors (Lipinski definition) is 1. The number of fused-ring (bicyclic) bond motifs is 3. The van der Waals surface area contributed by atoms with Crippen molar-refractivity contribution in [1.82, 2.24) is 14.8 Å². The minimum Gasteiger partial charge on any atom is -0.334 e. The van der Waals surface area contributed by atoms with Crippen molar-refractivity contribution in [2.24, 2.45) is 0 Å². The zero-order chi connectivity index (χ0) is 22.8. The Kier molecular flexibility index (Phi) is 5.97. The summed E-state index contributed by atoms with van der Waals surface area (Å²) in [5.41, 5.74) is 6.74. The van der Waals surface area contributed by atoms with Crippen molar-refractivity contribution in [2.45, 2.75) is 31.0 Å². The molecule has 0 saturated carbocycles. The second-order valence-electron chi connectivity index (χ2n) is 8.38. The number of aromatic nitrogens is 1. The molecule has 166 valence electrons. The number of amides is 2. The molecule has 5 heteroatoms. The molecule has 0 saturated heterocycles. The van der Waals surface area contributed by atoms with Gasteiger partial charge in [-0.2, -0.15) is 0 Å². The third-order valence-electron chi connectivity index (χ3n) is 6.22. The molecule has 1 aliphatic rings. The summed E-state index contributed by atoms with van der Waals surface area (Å²) < 4.78 is 2.22. The number of thioether (sulfide) groups is 1. The summed E-state index contributed by atoms with van der Waals surface area (Å²) in [6.07, 6.45) is 4.17. The van der Waals surface area contributed by atoms with E-state index >= 15 is 0 Å². The van der Waals surface area contributed by atoms with Gasteiger partial charge in [-0.1, -0.05) is 60.2 Å². The monoisotopic (exact) mass is 453 g/mol. The average Bonchev–Trinajstić information content (AvgIpc) is 3.28. The van der Waals surface area contributed by atoms with Gasteiger partial charge in [0.25, 0.3) is 0 Å². The first-order valence-electron chi connectivity index (χ1n) is 11.1. The van der Waals surface area contributed by atoms with E-state index in [1.807, 2.05) is 11.0 Å². The van der Waals surface area contributed by atoms with Crippen molar-refractivity contribution >= 4 is 17.8 Å². The van der Waals surface area contributed by atoms with E-state index in [4.69, 9.17) is 0 Å². The second-order valence-corrected chi connectivity index (χ2v) is 9.26. The summed E-state index contributed by atoms with van der Waals surface area (Å²) in [5, 5.41) is 3.17. The molecule has 4 nitrogen and oxygen atoms in total. The van der Waals surface area contributed by atoms with E-state index in [1.165, 1.54) is 10.5 Å². The Morgan fingerprint density at radius 1 is 0.970 bits per heavy atom. The fourth-order valence-electron chi connectivity index (χ4n) is 4.46. The molecule has 1 aromatic heterocycles. The summed E-state index contributed by atoms with van der Waals surface area (Å²) in [5.74, 6) is 0. The highest BCUT2D eigenvalue weighted by Gasteiger charge is 2.32. The second kappa shape index (κ2) is 9.20. The molecule has 0 spiro atoms. The quantitative estimate of drug-likeness (QED) is 0.367. The third-order valence-corrected chi connectivity index (χ3v) is 6.96. The number of carbonyl (C=O) groups excluding carboxylic acids is 1. The van der Waals surface area contributed by atoms with Crippen LogP contribution in [0.3, 0.4) is 0 Å². The van der Waals surface area contributed by atoms with Crippen molar-refractivity contribution in [3.05, 3.63) is 119 Å². The van der Waals surface area contributed by atoms with Crippen LogP contribution in [0.1, 0.15) is 34.0 Å². The molecule has 0 aliphatic carbocycles. The van der Waals surface area contributed by atoms with Crippen LogP contribution in [-0.4, -0.2) is 21.8 Å². The number of hydrogen-bond acceptors (Lipinski definition) is 2. The number of nitrogens with one attached hydrogen (secondary N) is 1. The first kappa shape index (κ1) is 21.4. The number of para-hydroxylation sites is 1. The van der Waals surface area contributed by atoms with E-state index in [-0.39, 0.29) is 12.1 Å². The minimum atomic E-state index is -0.193. The fourth-order valence-corrected chi connectivity index (χ4v) is 4.87. The first-order chi connectivity index (χ1) is 16.1. The lowest BCUT2D eigenvalue weighted by atomic mass is 10.0. The van der Waals surface area contributed by atoms with Gasteiger partial charge < -0.3 is 14.8 Å². The molecule has 0 fully saturated rings. The zero-order valence-corrected chi connectivity index (χ0v) is 19.7. The van der Waals surface area contributed by atoms with Gasteiger partial charge in [-0.15, -0.1) is 11.8 Å². The molecule has 0 unspecified atom stereocenters. The van der Waals surface area contributed by atoms with E-state index in [2.05, 4.69) is 108 Å². The van der Waals surface area contributed by atoms with E-state index in [1.54, 1.807) is 11.8 Å². The lowest BCUT2D eigenvalue weighted by Crippen LogP contribution is -2.41. The van der Waals surface area contributed by atoms with Gasteiger partial charge in [-0.05, 0) is 60.2 Å². The van der Waals surface area contributed by atoms with E-state index in [0.717, 1.165) is 28.1 Å². The topological polar surface area (TPSA) is 37.3 Å². The lowest BCUT2D eigenvalue weighted by molar-refractivity contribution is 0.180. The van der Waals surface area contributed by atoms with Crippen molar-refractivity contribution in [3.8, 4) is 5.69 Å². The van der Waals surface area contributed by atoms with Crippen LogP contribution >= 0.6 is 11.8 Å². The van der Waals surface area contributed by atoms with Gasteiger partial charge in [-0.3, -0.25) is 0 Å². The molecule has 1 N–H and O–H groups in total. The maximum Gasteiger partial charge on any atom is 0.318 e. The SMILES string of the molecule is CSc1ccc([C@@H]2c3cccn3-c3ccccc3CN2C(=O)NCc2ccc(C)cc2)cc1. The lowest BCUT2D eigenvalue weighted by Gasteiger charge is -2.31. The largest absolute Gasteiger partial charge is 0.334 e. The van der Waals surface area contributed by atoms with Crippen LogP contribution in [0.4, 0.5) is 4.79 Å². The smallest absolute Gasteiger partial charge is 0.318 e. The van der Waals surface area contributed by atoms with Gasteiger partial charge in [0.15, 0.2) is 0 Å². The van der Waals surface area contributed by atoms with Crippen LogP contribution < -0.4 is 5.32 Å². The maximum absolute atomic E-state index is 13.6. The van der Waals surface area contributed by atoms with Crippen LogP contribution in [0.15, 0.2) is 96.0 Å². The molecule has 33 heavy (non-hydrogen) atoms.